The summed E-state index contributed by atoms with van der Waals surface area (Å²) < 4.78 is 0. The van der Waals surface area contributed by atoms with Crippen molar-refractivity contribution in [2.24, 2.45) is 29.6 Å². The van der Waals surface area contributed by atoms with Crippen molar-refractivity contribution < 1.29 is 0 Å². The Morgan fingerprint density at radius 1 is 0.737 bits per heavy atom. The molecule has 0 nitrogen and oxygen atoms in total. The van der Waals surface area contributed by atoms with Crippen LogP contribution >= 0.6 is 0 Å². The summed E-state index contributed by atoms with van der Waals surface area (Å²) in [5.74, 6) is 5.25. The summed E-state index contributed by atoms with van der Waals surface area (Å²) >= 11 is 0. The van der Waals surface area contributed by atoms with Gasteiger partial charge < -0.3 is 0 Å². The Kier molecular flexibility index (Phi) is 6.23. The highest BCUT2D eigenvalue weighted by atomic mass is 14.3. The van der Waals surface area contributed by atoms with Gasteiger partial charge >= 0.3 is 0 Å². The van der Waals surface area contributed by atoms with Crippen molar-refractivity contribution in [2.75, 3.05) is 0 Å². The predicted octanol–water partition coefficient (Wildman–Crippen LogP) is 6.45. The molecule has 0 aromatic heterocycles. The summed E-state index contributed by atoms with van der Waals surface area (Å²) in [6.07, 6.45) is 16.6. The lowest BCUT2D eigenvalue weighted by Gasteiger charge is -2.36. The van der Waals surface area contributed by atoms with Gasteiger partial charge in [-0.3, -0.25) is 0 Å². The minimum Gasteiger partial charge on any atom is -0.0651 e. The topological polar surface area (TPSA) is 0 Å². The van der Waals surface area contributed by atoms with Crippen molar-refractivity contribution in [3.63, 3.8) is 0 Å². The zero-order valence-corrected chi connectivity index (χ0v) is 13.7. The molecule has 0 bridgehead atoms. The summed E-state index contributed by atoms with van der Waals surface area (Å²) in [6.45, 7) is 7.30. The molecule has 0 heterocycles. The third-order valence-corrected chi connectivity index (χ3v) is 6.53. The lowest BCUT2D eigenvalue weighted by Crippen LogP contribution is -2.24. The first-order valence-electron chi connectivity index (χ1n) is 9.24. The van der Waals surface area contributed by atoms with Crippen molar-refractivity contribution in [1.29, 1.82) is 0 Å². The van der Waals surface area contributed by atoms with E-state index < -0.39 is 0 Å². The van der Waals surface area contributed by atoms with Crippen LogP contribution in [-0.4, -0.2) is 0 Å². The molecule has 19 heavy (non-hydrogen) atoms. The van der Waals surface area contributed by atoms with Gasteiger partial charge in [0, 0.05) is 0 Å². The van der Waals surface area contributed by atoms with Crippen LogP contribution in [0.4, 0.5) is 0 Å². The van der Waals surface area contributed by atoms with Crippen LogP contribution in [-0.2, 0) is 0 Å². The Morgan fingerprint density at radius 3 is 2.11 bits per heavy atom. The van der Waals surface area contributed by atoms with E-state index in [2.05, 4.69) is 20.8 Å². The van der Waals surface area contributed by atoms with Crippen molar-refractivity contribution in [1.82, 2.24) is 0 Å². The molecule has 0 aromatic rings. The minimum absolute atomic E-state index is 0.999. The lowest BCUT2D eigenvalue weighted by atomic mass is 9.70. The third-order valence-electron chi connectivity index (χ3n) is 6.53. The monoisotopic (exact) mass is 264 g/mol. The quantitative estimate of drug-likeness (QED) is 0.535. The third kappa shape index (κ3) is 4.23. The first kappa shape index (κ1) is 15.4. The van der Waals surface area contributed by atoms with E-state index in [1.165, 1.54) is 44.9 Å². The van der Waals surface area contributed by atoms with E-state index in [0.717, 1.165) is 29.6 Å². The fourth-order valence-corrected chi connectivity index (χ4v) is 5.00. The summed E-state index contributed by atoms with van der Waals surface area (Å²) in [4.78, 5) is 0. The minimum atomic E-state index is 0.999. The Morgan fingerprint density at radius 2 is 1.42 bits per heavy atom. The Hall–Kier alpha value is 0. The zero-order chi connectivity index (χ0) is 13.7. The Balaban J connectivity index is 1.75. The molecular weight excluding hydrogens is 228 g/mol. The van der Waals surface area contributed by atoms with Crippen LogP contribution in [0.5, 0.6) is 0 Å². The van der Waals surface area contributed by atoms with E-state index in [9.17, 15) is 0 Å². The van der Waals surface area contributed by atoms with E-state index in [4.69, 9.17) is 0 Å². The molecule has 0 aromatic carbocycles. The van der Waals surface area contributed by atoms with Gasteiger partial charge in [-0.05, 0) is 42.4 Å². The van der Waals surface area contributed by atoms with E-state index >= 15 is 0 Å². The normalized spacial score (nSPS) is 40.3. The SMILES string of the molecule is CCC1CC(CCC2CCCCC2CC)CCC1C. The van der Waals surface area contributed by atoms with Crippen LogP contribution in [0.25, 0.3) is 0 Å². The van der Waals surface area contributed by atoms with Crippen LogP contribution in [0, 0.1) is 29.6 Å². The van der Waals surface area contributed by atoms with Crippen molar-refractivity contribution in [2.45, 2.75) is 91.4 Å². The standard InChI is InChI=1S/C19H36/c1-4-17-8-6-7-9-19(17)13-12-16-11-10-15(3)18(5-2)14-16/h15-19H,4-14H2,1-3H3. The molecule has 0 amide bonds. The maximum atomic E-state index is 2.48. The Labute approximate surface area is 121 Å². The molecule has 0 heteroatoms. The van der Waals surface area contributed by atoms with E-state index in [1.54, 1.807) is 25.7 Å². The number of hydrogen-bond acceptors (Lipinski definition) is 0. The van der Waals surface area contributed by atoms with Crippen LogP contribution in [0.15, 0.2) is 0 Å². The van der Waals surface area contributed by atoms with Crippen molar-refractivity contribution >= 4 is 0 Å². The molecule has 0 N–H and O–H groups in total. The van der Waals surface area contributed by atoms with Gasteiger partial charge in [-0.25, -0.2) is 0 Å². The molecule has 0 radical (unpaired) electrons. The van der Waals surface area contributed by atoms with Gasteiger partial charge in [0.05, 0.1) is 0 Å². The van der Waals surface area contributed by atoms with Gasteiger partial charge in [-0.1, -0.05) is 78.6 Å². The van der Waals surface area contributed by atoms with Gasteiger partial charge in [0.15, 0.2) is 0 Å². The molecule has 2 aliphatic rings. The van der Waals surface area contributed by atoms with Gasteiger partial charge in [0.25, 0.3) is 0 Å². The summed E-state index contributed by atoms with van der Waals surface area (Å²) in [6, 6.07) is 0. The largest absolute Gasteiger partial charge is 0.0651 e. The van der Waals surface area contributed by atoms with Crippen molar-refractivity contribution in [3.8, 4) is 0 Å². The lowest BCUT2D eigenvalue weighted by molar-refractivity contribution is 0.154. The highest BCUT2D eigenvalue weighted by Gasteiger charge is 2.28. The van der Waals surface area contributed by atoms with E-state index in [0.29, 0.717) is 0 Å². The van der Waals surface area contributed by atoms with Crippen LogP contribution in [0.3, 0.4) is 0 Å². The summed E-state index contributed by atoms with van der Waals surface area (Å²) in [7, 11) is 0. The maximum absolute atomic E-state index is 2.48. The molecular formula is C19H36. The molecule has 0 spiro atoms. The highest BCUT2D eigenvalue weighted by molar-refractivity contribution is 4.80. The molecule has 0 aliphatic heterocycles. The van der Waals surface area contributed by atoms with E-state index in [1.807, 2.05) is 0 Å². The average Bonchev–Trinajstić information content (AvgIpc) is 2.46. The summed E-state index contributed by atoms with van der Waals surface area (Å²) in [5.41, 5.74) is 0. The molecule has 2 fully saturated rings. The van der Waals surface area contributed by atoms with Gasteiger partial charge in [-0.15, -0.1) is 0 Å². The maximum Gasteiger partial charge on any atom is -0.0386 e. The second-order valence-corrected chi connectivity index (χ2v) is 7.61. The predicted molar refractivity (Wildman–Crippen MR) is 85.3 cm³/mol. The van der Waals surface area contributed by atoms with Crippen molar-refractivity contribution in [3.05, 3.63) is 0 Å². The van der Waals surface area contributed by atoms with Crippen LogP contribution in [0.1, 0.15) is 91.4 Å². The molecule has 2 saturated carbocycles. The molecule has 2 rings (SSSR count). The van der Waals surface area contributed by atoms with Gasteiger partial charge in [0.2, 0.25) is 0 Å². The fourth-order valence-electron chi connectivity index (χ4n) is 5.00. The molecule has 5 atom stereocenters. The van der Waals surface area contributed by atoms with Gasteiger partial charge in [-0.2, -0.15) is 0 Å². The fraction of sp³-hybridized carbons (Fsp3) is 1.00. The first-order chi connectivity index (χ1) is 9.24. The zero-order valence-electron chi connectivity index (χ0n) is 13.7. The van der Waals surface area contributed by atoms with Crippen LogP contribution < -0.4 is 0 Å². The average molecular weight is 264 g/mol. The molecule has 5 unspecified atom stereocenters. The summed E-state index contributed by atoms with van der Waals surface area (Å²) in [5, 5.41) is 0. The number of hydrogen-bond donors (Lipinski definition) is 0. The Bertz CT molecular complexity index is 244. The van der Waals surface area contributed by atoms with E-state index in [-0.39, 0.29) is 0 Å². The second kappa shape index (κ2) is 7.70. The van der Waals surface area contributed by atoms with Crippen LogP contribution in [0.2, 0.25) is 0 Å². The first-order valence-corrected chi connectivity index (χ1v) is 9.24. The molecule has 112 valence electrons. The number of rotatable bonds is 5. The second-order valence-electron chi connectivity index (χ2n) is 7.61. The highest BCUT2D eigenvalue weighted by Crippen LogP contribution is 2.41. The smallest absolute Gasteiger partial charge is 0.0386 e. The van der Waals surface area contributed by atoms with Gasteiger partial charge in [0.1, 0.15) is 0 Å². The molecule has 2 aliphatic carbocycles. The molecule has 0 saturated heterocycles.